The number of thiocarbonyl (C=S) groups is 1. The lowest BCUT2D eigenvalue weighted by Gasteiger charge is -2.29. The number of anilines is 1. The number of benzene rings is 2. The average molecular weight is 509 g/mol. The SMILES string of the molecule is CCOc1ccc(NC(=S)N(CCCN2CCOCC2)Cc2cc3cc(C)c(C)cc3[nH]c2=O)cc1. The number of aryl methyl sites for hydroxylation is 2. The first-order valence-electron chi connectivity index (χ1n) is 12.6. The van der Waals surface area contributed by atoms with Crippen LogP contribution in [0.25, 0.3) is 10.9 Å². The molecule has 7 nitrogen and oxygen atoms in total. The van der Waals surface area contributed by atoms with E-state index in [0.29, 0.717) is 23.8 Å². The highest BCUT2D eigenvalue weighted by atomic mass is 32.1. The molecule has 1 aromatic heterocycles. The van der Waals surface area contributed by atoms with E-state index >= 15 is 0 Å². The number of nitrogens with zero attached hydrogens (tertiary/aromatic N) is 2. The van der Waals surface area contributed by atoms with Crippen LogP contribution in [0.1, 0.15) is 30.0 Å². The molecule has 0 spiro atoms. The first-order chi connectivity index (χ1) is 17.4. The van der Waals surface area contributed by atoms with Gasteiger partial charge in [-0.2, -0.15) is 0 Å². The fraction of sp³-hybridized carbons (Fsp3) is 0.429. The number of fused-ring (bicyclic) bond motifs is 1. The van der Waals surface area contributed by atoms with Crippen molar-refractivity contribution < 1.29 is 9.47 Å². The van der Waals surface area contributed by atoms with Crippen molar-refractivity contribution in [2.24, 2.45) is 0 Å². The number of aromatic nitrogens is 1. The molecule has 1 fully saturated rings. The van der Waals surface area contributed by atoms with E-state index in [2.05, 4.69) is 40.0 Å². The normalized spacial score (nSPS) is 14.1. The number of H-pyrrole nitrogens is 1. The highest BCUT2D eigenvalue weighted by Gasteiger charge is 2.16. The van der Waals surface area contributed by atoms with Crippen molar-refractivity contribution >= 4 is 33.9 Å². The minimum Gasteiger partial charge on any atom is -0.494 e. The largest absolute Gasteiger partial charge is 0.494 e. The van der Waals surface area contributed by atoms with Gasteiger partial charge in [0.1, 0.15) is 5.75 Å². The Labute approximate surface area is 218 Å². The van der Waals surface area contributed by atoms with E-state index in [-0.39, 0.29) is 5.56 Å². The van der Waals surface area contributed by atoms with Crippen molar-refractivity contribution in [3.63, 3.8) is 0 Å². The lowest BCUT2D eigenvalue weighted by Crippen LogP contribution is -2.40. The van der Waals surface area contributed by atoms with Gasteiger partial charge in [-0.25, -0.2) is 0 Å². The molecule has 0 aliphatic carbocycles. The highest BCUT2D eigenvalue weighted by Crippen LogP contribution is 2.19. The first kappa shape index (κ1) is 26.1. The van der Waals surface area contributed by atoms with Crippen molar-refractivity contribution in [3.05, 3.63) is 69.5 Å². The average Bonchev–Trinajstić information content (AvgIpc) is 2.87. The van der Waals surface area contributed by atoms with E-state index in [1.807, 2.05) is 43.3 Å². The number of pyridine rings is 1. The van der Waals surface area contributed by atoms with E-state index in [4.69, 9.17) is 21.7 Å². The molecule has 0 radical (unpaired) electrons. The van der Waals surface area contributed by atoms with Gasteiger partial charge in [-0.05, 0) is 98.4 Å². The molecule has 0 atom stereocenters. The lowest BCUT2D eigenvalue weighted by molar-refractivity contribution is 0.0367. The number of ether oxygens (including phenoxy) is 2. The quantitative estimate of drug-likeness (QED) is 0.414. The molecule has 0 amide bonds. The van der Waals surface area contributed by atoms with Crippen LogP contribution < -0.4 is 15.6 Å². The van der Waals surface area contributed by atoms with Crippen molar-refractivity contribution in [3.8, 4) is 5.75 Å². The molecule has 1 aliphatic heterocycles. The van der Waals surface area contributed by atoms with Crippen LogP contribution in [-0.4, -0.2) is 65.9 Å². The van der Waals surface area contributed by atoms with Gasteiger partial charge in [0.15, 0.2) is 5.11 Å². The summed E-state index contributed by atoms with van der Waals surface area (Å²) in [6.07, 6.45) is 0.939. The van der Waals surface area contributed by atoms with Crippen molar-refractivity contribution in [2.45, 2.75) is 33.7 Å². The zero-order valence-corrected chi connectivity index (χ0v) is 22.2. The minimum atomic E-state index is -0.0761. The Morgan fingerprint density at radius 3 is 2.58 bits per heavy atom. The summed E-state index contributed by atoms with van der Waals surface area (Å²) < 4.78 is 11.0. The third-order valence-corrected chi connectivity index (χ3v) is 6.97. The van der Waals surface area contributed by atoms with Gasteiger partial charge in [-0.1, -0.05) is 0 Å². The molecule has 0 saturated carbocycles. The summed E-state index contributed by atoms with van der Waals surface area (Å²) in [7, 11) is 0. The Balaban J connectivity index is 1.51. The molecule has 0 bridgehead atoms. The van der Waals surface area contributed by atoms with Gasteiger partial charge < -0.3 is 24.7 Å². The number of aromatic amines is 1. The predicted molar refractivity (Wildman–Crippen MR) is 150 cm³/mol. The van der Waals surface area contributed by atoms with Crippen LogP contribution in [-0.2, 0) is 11.3 Å². The predicted octanol–water partition coefficient (Wildman–Crippen LogP) is 4.46. The van der Waals surface area contributed by atoms with Gasteiger partial charge in [-0.15, -0.1) is 0 Å². The molecule has 36 heavy (non-hydrogen) atoms. The summed E-state index contributed by atoms with van der Waals surface area (Å²) >= 11 is 5.83. The van der Waals surface area contributed by atoms with Gasteiger partial charge in [0.05, 0.1) is 26.4 Å². The molecular weight excluding hydrogens is 472 g/mol. The molecule has 2 aromatic carbocycles. The van der Waals surface area contributed by atoms with Crippen LogP contribution in [0.5, 0.6) is 5.75 Å². The van der Waals surface area contributed by atoms with E-state index in [1.54, 1.807) is 0 Å². The Bertz CT molecular complexity index is 1240. The number of hydrogen-bond donors (Lipinski definition) is 2. The number of nitrogens with one attached hydrogen (secondary N) is 2. The highest BCUT2D eigenvalue weighted by molar-refractivity contribution is 7.80. The second-order valence-corrected chi connectivity index (χ2v) is 9.65. The van der Waals surface area contributed by atoms with Crippen molar-refractivity contribution in [2.75, 3.05) is 51.3 Å². The zero-order valence-electron chi connectivity index (χ0n) is 21.4. The maximum Gasteiger partial charge on any atom is 0.253 e. The van der Waals surface area contributed by atoms with Crippen LogP contribution in [0.2, 0.25) is 0 Å². The summed E-state index contributed by atoms with van der Waals surface area (Å²) in [5.41, 5.74) is 4.74. The molecular formula is C28H36N4O3S. The number of hydrogen-bond acceptors (Lipinski definition) is 5. The van der Waals surface area contributed by atoms with Crippen molar-refractivity contribution in [1.82, 2.24) is 14.8 Å². The molecule has 1 saturated heterocycles. The topological polar surface area (TPSA) is 69.8 Å². The van der Waals surface area contributed by atoms with Gasteiger partial charge >= 0.3 is 0 Å². The number of rotatable bonds is 9. The molecule has 2 heterocycles. The molecule has 2 N–H and O–H groups in total. The third kappa shape index (κ3) is 6.84. The fourth-order valence-corrected chi connectivity index (χ4v) is 4.68. The summed E-state index contributed by atoms with van der Waals surface area (Å²) in [4.78, 5) is 20.6. The molecule has 8 heteroatoms. The Hall–Kier alpha value is -2.94. The number of morpholine rings is 1. The summed E-state index contributed by atoms with van der Waals surface area (Å²) in [6.45, 7) is 12.4. The summed E-state index contributed by atoms with van der Waals surface area (Å²) in [5, 5.41) is 4.98. The van der Waals surface area contributed by atoms with E-state index in [0.717, 1.165) is 73.7 Å². The van der Waals surface area contributed by atoms with Crippen LogP contribution >= 0.6 is 12.2 Å². The smallest absolute Gasteiger partial charge is 0.253 e. The summed E-state index contributed by atoms with van der Waals surface area (Å²) in [5.74, 6) is 0.824. The second-order valence-electron chi connectivity index (χ2n) is 9.26. The molecule has 3 aromatic rings. The van der Waals surface area contributed by atoms with E-state index < -0.39 is 0 Å². The first-order valence-corrected chi connectivity index (χ1v) is 13.1. The zero-order chi connectivity index (χ0) is 25.5. The second kappa shape index (κ2) is 12.3. The van der Waals surface area contributed by atoms with Crippen molar-refractivity contribution in [1.29, 1.82) is 0 Å². The fourth-order valence-electron chi connectivity index (χ4n) is 4.41. The monoisotopic (exact) mass is 508 g/mol. The maximum atomic E-state index is 13.0. The van der Waals surface area contributed by atoms with Gasteiger partial charge in [0.2, 0.25) is 0 Å². The standard InChI is InChI=1S/C28H36N4O3S/c1-4-35-25-8-6-24(7-9-25)29-28(36)32(11-5-10-31-12-14-34-15-13-31)19-23-18-22-16-20(2)21(3)17-26(22)30-27(23)33/h6-9,16-18H,4-5,10-15,19H2,1-3H3,(H,29,36)(H,30,33). The minimum absolute atomic E-state index is 0.0761. The Morgan fingerprint density at radius 1 is 1.14 bits per heavy atom. The van der Waals surface area contributed by atoms with Crippen LogP contribution in [0, 0.1) is 13.8 Å². The van der Waals surface area contributed by atoms with Gasteiger partial charge in [-0.3, -0.25) is 9.69 Å². The lowest BCUT2D eigenvalue weighted by atomic mass is 10.0. The molecule has 1 aliphatic rings. The Morgan fingerprint density at radius 2 is 1.86 bits per heavy atom. The molecule has 192 valence electrons. The van der Waals surface area contributed by atoms with Gasteiger partial charge in [0.25, 0.3) is 5.56 Å². The van der Waals surface area contributed by atoms with Crippen LogP contribution in [0.3, 0.4) is 0 Å². The third-order valence-electron chi connectivity index (χ3n) is 6.61. The van der Waals surface area contributed by atoms with Crippen LogP contribution in [0.15, 0.2) is 47.3 Å². The van der Waals surface area contributed by atoms with Gasteiger partial charge in [0, 0.05) is 42.9 Å². The Kier molecular flexibility index (Phi) is 8.96. The summed E-state index contributed by atoms with van der Waals surface area (Å²) in [6, 6.07) is 13.9. The van der Waals surface area contributed by atoms with E-state index in [1.165, 1.54) is 5.56 Å². The van der Waals surface area contributed by atoms with Crippen LogP contribution in [0.4, 0.5) is 5.69 Å². The maximum absolute atomic E-state index is 13.0. The van der Waals surface area contributed by atoms with E-state index in [9.17, 15) is 4.79 Å². The molecule has 0 unspecified atom stereocenters. The molecule has 4 rings (SSSR count).